The smallest absolute Gasteiger partial charge is 0.398 e. The zero-order valence-corrected chi connectivity index (χ0v) is 13.7. The van der Waals surface area contributed by atoms with Crippen LogP contribution in [0.5, 0.6) is 0 Å². The topological polar surface area (TPSA) is 58.8 Å². The van der Waals surface area contributed by atoms with Gasteiger partial charge in [0.2, 0.25) is 0 Å². The maximum atomic E-state index is 12.9. The monoisotopic (exact) mass is 355 g/mol. The summed E-state index contributed by atoms with van der Waals surface area (Å²) in [5.41, 5.74) is 7.97. The molecule has 136 valence electrons. The number of benzene rings is 1. The summed E-state index contributed by atoms with van der Waals surface area (Å²) in [6.07, 6.45) is -2.61. The van der Waals surface area contributed by atoms with Crippen LogP contribution >= 0.6 is 0 Å². The minimum Gasteiger partial charge on any atom is -0.398 e. The Morgan fingerprint density at radius 3 is 2.52 bits per heavy atom. The van der Waals surface area contributed by atoms with E-state index in [2.05, 4.69) is 0 Å². The molecule has 1 aliphatic carbocycles. The van der Waals surface area contributed by atoms with Gasteiger partial charge < -0.3 is 20.3 Å². The van der Waals surface area contributed by atoms with Crippen LogP contribution in [-0.4, -0.2) is 55.4 Å². The summed E-state index contributed by atoms with van der Waals surface area (Å²) in [6.45, 7) is 0.997. The van der Waals surface area contributed by atoms with Crippen molar-refractivity contribution in [1.82, 2.24) is 4.90 Å². The molecule has 3 fully saturated rings. The number of carbonyl (C=O) groups excluding carboxylic acids is 1. The number of nitrogens with two attached hydrogens (primary N) is 1. The van der Waals surface area contributed by atoms with E-state index in [1.54, 1.807) is 0 Å². The maximum Gasteiger partial charge on any atom is 0.471 e. The third kappa shape index (κ3) is 2.82. The zero-order chi connectivity index (χ0) is 17.8. The van der Waals surface area contributed by atoms with Gasteiger partial charge in [-0.1, -0.05) is 0 Å². The molecule has 0 bridgehead atoms. The molecular weight excluding hydrogens is 335 g/mol. The summed E-state index contributed by atoms with van der Waals surface area (Å²) in [6, 6.07) is 5.80. The minimum absolute atomic E-state index is 0.0326. The molecule has 0 radical (unpaired) electrons. The van der Waals surface area contributed by atoms with Gasteiger partial charge in [-0.2, -0.15) is 13.2 Å². The molecular formula is C17H20F3N3O2. The fourth-order valence-corrected chi connectivity index (χ4v) is 3.76. The molecule has 1 saturated carbocycles. The number of piperazine rings is 1. The maximum absolute atomic E-state index is 12.9. The van der Waals surface area contributed by atoms with Gasteiger partial charge in [0, 0.05) is 31.0 Å². The van der Waals surface area contributed by atoms with Gasteiger partial charge in [-0.15, -0.1) is 0 Å². The molecule has 2 heterocycles. The molecule has 2 N–H and O–H groups in total. The van der Waals surface area contributed by atoms with Gasteiger partial charge in [-0.05, 0) is 42.5 Å². The van der Waals surface area contributed by atoms with E-state index in [9.17, 15) is 18.0 Å². The van der Waals surface area contributed by atoms with Gasteiger partial charge in [0.05, 0.1) is 13.2 Å². The van der Waals surface area contributed by atoms with Crippen LogP contribution < -0.4 is 10.6 Å². The summed E-state index contributed by atoms with van der Waals surface area (Å²) >= 11 is 0. The Hall–Kier alpha value is -1.96. The van der Waals surface area contributed by atoms with Crippen molar-refractivity contribution in [1.29, 1.82) is 0 Å². The van der Waals surface area contributed by atoms with Crippen LogP contribution in [0.1, 0.15) is 24.3 Å². The highest BCUT2D eigenvalue weighted by atomic mass is 19.4. The van der Waals surface area contributed by atoms with Crippen molar-refractivity contribution in [3.8, 4) is 0 Å². The lowest BCUT2D eigenvalue weighted by Crippen LogP contribution is -2.74. The van der Waals surface area contributed by atoms with Crippen molar-refractivity contribution in [2.45, 2.75) is 30.5 Å². The average Bonchev–Trinajstić information content (AvgIpc) is 3.36. The summed E-state index contributed by atoms with van der Waals surface area (Å²) < 4.78 is 43.8. The predicted molar refractivity (Wildman–Crippen MR) is 86.4 cm³/mol. The van der Waals surface area contributed by atoms with E-state index in [-0.39, 0.29) is 19.8 Å². The number of nitrogen functional groups attached to an aromatic ring is 1. The molecule has 0 atom stereocenters. The number of ether oxygens (including phenoxy) is 1. The van der Waals surface area contributed by atoms with E-state index in [0.29, 0.717) is 19.0 Å². The number of halogens is 3. The molecule has 5 nitrogen and oxygen atoms in total. The Labute approximate surface area is 143 Å². The number of rotatable bonds is 2. The van der Waals surface area contributed by atoms with E-state index >= 15 is 0 Å². The van der Waals surface area contributed by atoms with E-state index in [1.807, 2.05) is 23.1 Å². The molecule has 25 heavy (non-hydrogen) atoms. The number of hydrogen-bond donors (Lipinski definition) is 1. The number of anilines is 2. The summed E-state index contributed by atoms with van der Waals surface area (Å²) in [4.78, 5) is 14.8. The van der Waals surface area contributed by atoms with E-state index in [1.165, 1.54) is 0 Å². The second kappa shape index (κ2) is 5.52. The lowest BCUT2D eigenvalue weighted by atomic mass is 9.90. The van der Waals surface area contributed by atoms with Gasteiger partial charge in [0.1, 0.15) is 5.54 Å². The molecule has 0 unspecified atom stereocenters. The first-order valence-corrected chi connectivity index (χ1v) is 8.41. The molecule has 1 aromatic carbocycles. The number of amides is 1. The van der Waals surface area contributed by atoms with Crippen molar-refractivity contribution in [3.63, 3.8) is 0 Å². The summed E-state index contributed by atoms with van der Waals surface area (Å²) in [7, 11) is 0. The summed E-state index contributed by atoms with van der Waals surface area (Å²) in [5.74, 6) is -1.28. The Bertz CT molecular complexity index is 699. The molecule has 0 aromatic heterocycles. The first-order chi connectivity index (χ1) is 11.8. The third-order valence-corrected chi connectivity index (χ3v) is 5.33. The third-order valence-electron chi connectivity index (χ3n) is 5.33. The highest BCUT2D eigenvalue weighted by molar-refractivity contribution is 5.83. The number of alkyl halides is 3. The van der Waals surface area contributed by atoms with Crippen molar-refractivity contribution in [2.24, 2.45) is 0 Å². The number of hydrogen-bond acceptors (Lipinski definition) is 4. The van der Waals surface area contributed by atoms with Crippen LogP contribution in [-0.2, 0) is 9.53 Å². The quantitative estimate of drug-likeness (QED) is 0.826. The van der Waals surface area contributed by atoms with Crippen LogP contribution in [0.2, 0.25) is 0 Å². The lowest BCUT2D eigenvalue weighted by Gasteiger charge is -2.55. The molecule has 3 aliphatic rings. The minimum atomic E-state index is -4.86. The molecule has 1 aromatic rings. The first-order valence-electron chi connectivity index (χ1n) is 8.41. The largest absolute Gasteiger partial charge is 0.471 e. The Morgan fingerprint density at radius 1 is 1.24 bits per heavy atom. The Morgan fingerprint density at radius 2 is 1.96 bits per heavy atom. The summed E-state index contributed by atoms with van der Waals surface area (Å²) in [5, 5.41) is 0. The van der Waals surface area contributed by atoms with Crippen molar-refractivity contribution in [2.75, 3.05) is 43.5 Å². The van der Waals surface area contributed by atoms with Crippen molar-refractivity contribution < 1.29 is 22.7 Å². The van der Waals surface area contributed by atoms with Gasteiger partial charge in [-0.25, -0.2) is 0 Å². The van der Waals surface area contributed by atoms with Crippen LogP contribution in [0.3, 0.4) is 0 Å². The van der Waals surface area contributed by atoms with Crippen molar-refractivity contribution in [3.05, 3.63) is 23.8 Å². The average molecular weight is 355 g/mol. The molecule has 2 saturated heterocycles. The first kappa shape index (κ1) is 16.5. The van der Waals surface area contributed by atoms with E-state index in [0.717, 1.165) is 34.7 Å². The standard InChI is InChI=1S/C17H20F3N3O2/c18-17(19,20)15(24)23-6-5-22(8-16(23)9-25-10-16)12-3-4-14(21)13(7-12)11-1-2-11/h3-4,7,11H,1-2,5-6,8-10,21H2. The van der Waals surface area contributed by atoms with Crippen LogP contribution in [0.25, 0.3) is 0 Å². The van der Waals surface area contributed by atoms with E-state index in [4.69, 9.17) is 10.5 Å². The SMILES string of the molecule is Nc1ccc(N2CCN(C(=O)C(F)(F)F)C3(COC3)C2)cc1C1CC1. The lowest BCUT2D eigenvalue weighted by molar-refractivity contribution is -0.210. The number of nitrogens with zero attached hydrogens (tertiary/aromatic N) is 2. The van der Waals surface area contributed by atoms with Gasteiger partial charge in [0.25, 0.3) is 0 Å². The van der Waals surface area contributed by atoms with Crippen LogP contribution in [0.15, 0.2) is 18.2 Å². The zero-order valence-electron chi connectivity index (χ0n) is 13.7. The Balaban J connectivity index is 1.57. The molecule has 8 heteroatoms. The van der Waals surface area contributed by atoms with Crippen LogP contribution in [0.4, 0.5) is 24.5 Å². The number of carbonyl (C=O) groups is 1. The molecule has 2 aliphatic heterocycles. The Kier molecular flexibility index (Phi) is 3.64. The van der Waals surface area contributed by atoms with Gasteiger partial charge in [0.15, 0.2) is 0 Å². The normalized spacial score (nSPS) is 22.8. The highest BCUT2D eigenvalue weighted by Crippen LogP contribution is 2.44. The molecule has 1 spiro atoms. The van der Waals surface area contributed by atoms with Gasteiger partial charge in [-0.3, -0.25) is 4.79 Å². The van der Waals surface area contributed by atoms with E-state index < -0.39 is 17.6 Å². The predicted octanol–water partition coefficient (Wildman–Crippen LogP) is 2.13. The second-order valence-corrected chi connectivity index (χ2v) is 7.18. The fraction of sp³-hybridized carbons (Fsp3) is 0.588. The highest BCUT2D eigenvalue weighted by Gasteiger charge is 2.55. The molecule has 1 amide bonds. The fourth-order valence-electron chi connectivity index (χ4n) is 3.76. The van der Waals surface area contributed by atoms with Crippen LogP contribution in [0, 0.1) is 0 Å². The molecule has 4 rings (SSSR count). The second-order valence-electron chi connectivity index (χ2n) is 7.18. The van der Waals surface area contributed by atoms with Crippen molar-refractivity contribution >= 4 is 17.3 Å². The van der Waals surface area contributed by atoms with Gasteiger partial charge >= 0.3 is 12.1 Å².